The van der Waals surface area contributed by atoms with E-state index < -0.39 is 0 Å². The van der Waals surface area contributed by atoms with Crippen molar-refractivity contribution in [2.24, 2.45) is 0 Å². The summed E-state index contributed by atoms with van der Waals surface area (Å²) in [5, 5.41) is 5.77. The number of rotatable bonds is 6. The van der Waals surface area contributed by atoms with E-state index in [0.717, 1.165) is 70.4 Å². The van der Waals surface area contributed by atoms with Crippen molar-refractivity contribution in [3.63, 3.8) is 0 Å². The topological polar surface area (TPSA) is 74.2 Å². The third kappa shape index (κ3) is 5.36. The van der Waals surface area contributed by atoms with Crippen LogP contribution in [-0.4, -0.2) is 69.9 Å². The number of nitrogens with zero attached hydrogens (tertiary/aromatic N) is 5. The fourth-order valence-corrected chi connectivity index (χ4v) is 6.02. The molecule has 1 aromatic carbocycles. The standard InChI is InChI=1S/C29H32N6OS/c1-34-13-15-35(16-14-34)29(36)21-8-6-20(7-9-21)18-24-19-22(10-12-30-24)27-32-25-11-17-37-26(25)28(33-27)31-23-4-2-3-5-23/h6-12,17,19,23H,2-5,13-16,18H2,1H3,(H,31,32,33). The summed E-state index contributed by atoms with van der Waals surface area (Å²) in [6.07, 6.45) is 7.48. The molecule has 4 heterocycles. The summed E-state index contributed by atoms with van der Waals surface area (Å²) in [5.74, 6) is 1.78. The zero-order valence-electron chi connectivity index (χ0n) is 21.2. The number of pyridine rings is 1. The average molecular weight is 513 g/mol. The summed E-state index contributed by atoms with van der Waals surface area (Å²) in [7, 11) is 2.10. The van der Waals surface area contributed by atoms with Gasteiger partial charge in [-0.05, 0) is 61.2 Å². The van der Waals surface area contributed by atoms with Crippen LogP contribution in [0.15, 0.2) is 54.0 Å². The van der Waals surface area contributed by atoms with Crippen LogP contribution in [0.5, 0.6) is 0 Å². The number of carbonyl (C=O) groups excluding carboxylic acids is 1. The van der Waals surface area contributed by atoms with Gasteiger partial charge in [-0.25, -0.2) is 9.97 Å². The van der Waals surface area contributed by atoms with Crippen LogP contribution < -0.4 is 5.32 Å². The highest BCUT2D eigenvalue weighted by Crippen LogP contribution is 2.31. The fourth-order valence-electron chi connectivity index (χ4n) is 5.23. The maximum Gasteiger partial charge on any atom is 0.253 e. The van der Waals surface area contributed by atoms with Gasteiger partial charge in [0.05, 0.1) is 10.2 Å². The highest BCUT2D eigenvalue weighted by molar-refractivity contribution is 7.17. The number of anilines is 1. The summed E-state index contributed by atoms with van der Waals surface area (Å²) in [4.78, 5) is 31.5. The van der Waals surface area contributed by atoms with E-state index in [0.29, 0.717) is 12.5 Å². The van der Waals surface area contributed by atoms with Gasteiger partial charge in [0.15, 0.2) is 5.82 Å². The summed E-state index contributed by atoms with van der Waals surface area (Å²) < 4.78 is 1.12. The number of likely N-dealkylation sites (N-methyl/N-ethyl adjacent to an activating group) is 1. The molecule has 8 heteroatoms. The molecule has 0 unspecified atom stereocenters. The second-order valence-electron chi connectivity index (χ2n) is 10.2. The Hall–Kier alpha value is -3.36. The first-order valence-electron chi connectivity index (χ1n) is 13.2. The van der Waals surface area contributed by atoms with Crippen LogP contribution in [0, 0.1) is 0 Å². The lowest BCUT2D eigenvalue weighted by molar-refractivity contribution is 0.0664. The minimum absolute atomic E-state index is 0.114. The van der Waals surface area contributed by atoms with Crippen molar-refractivity contribution in [1.82, 2.24) is 24.8 Å². The number of amides is 1. The van der Waals surface area contributed by atoms with E-state index in [1.807, 2.05) is 41.4 Å². The lowest BCUT2D eigenvalue weighted by atomic mass is 10.0. The highest BCUT2D eigenvalue weighted by Gasteiger charge is 2.21. The fraction of sp³-hybridized carbons (Fsp3) is 0.379. The van der Waals surface area contributed by atoms with E-state index in [2.05, 4.69) is 39.8 Å². The van der Waals surface area contributed by atoms with Gasteiger partial charge < -0.3 is 15.1 Å². The van der Waals surface area contributed by atoms with Crippen LogP contribution in [0.3, 0.4) is 0 Å². The third-order valence-corrected chi connectivity index (χ3v) is 8.36. The molecule has 2 fully saturated rings. The zero-order chi connectivity index (χ0) is 25.2. The van der Waals surface area contributed by atoms with Crippen LogP contribution in [0.1, 0.15) is 47.3 Å². The monoisotopic (exact) mass is 512 g/mol. The molecule has 0 bridgehead atoms. The SMILES string of the molecule is CN1CCN(C(=O)c2ccc(Cc3cc(-c4nc(NC5CCCC5)c5sccc5n4)ccn3)cc2)CC1. The first kappa shape index (κ1) is 24.0. The van der Waals surface area contributed by atoms with E-state index in [9.17, 15) is 4.79 Å². The van der Waals surface area contributed by atoms with E-state index >= 15 is 0 Å². The molecule has 1 aliphatic carbocycles. The Morgan fingerprint density at radius 3 is 2.59 bits per heavy atom. The van der Waals surface area contributed by atoms with Crippen LogP contribution in [0.4, 0.5) is 5.82 Å². The maximum atomic E-state index is 12.9. The molecule has 6 rings (SSSR count). The number of fused-ring (bicyclic) bond motifs is 1. The van der Waals surface area contributed by atoms with Gasteiger partial charge in [0.2, 0.25) is 0 Å². The molecule has 1 amide bonds. The van der Waals surface area contributed by atoms with Crippen molar-refractivity contribution < 1.29 is 4.79 Å². The molecule has 1 aliphatic heterocycles. The van der Waals surface area contributed by atoms with E-state index in [1.54, 1.807) is 11.3 Å². The predicted molar refractivity (Wildman–Crippen MR) is 149 cm³/mol. The third-order valence-electron chi connectivity index (χ3n) is 7.45. The molecule has 0 atom stereocenters. The van der Waals surface area contributed by atoms with Crippen LogP contribution >= 0.6 is 11.3 Å². The molecule has 1 saturated carbocycles. The highest BCUT2D eigenvalue weighted by atomic mass is 32.1. The molecule has 0 spiro atoms. The summed E-state index contributed by atoms with van der Waals surface area (Å²) in [6.45, 7) is 3.41. The Labute approximate surface area is 221 Å². The number of nitrogens with one attached hydrogen (secondary N) is 1. The molecule has 7 nitrogen and oxygen atoms in total. The Morgan fingerprint density at radius 2 is 1.81 bits per heavy atom. The van der Waals surface area contributed by atoms with E-state index in [-0.39, 0.29) is 5.91 Å². The van der Waals surface area contributed by atoms with Crippen molar-refractivity contribution in [2.45, 2.75) is 38.1 Å². The van der Waals surface area contributed by atoms with Crippen molar-refractivity contribution in [2.75, 3.05) is 38.5 Å². The van der Waals surface area contributed by atoms with Gasteiger partial charge in [-0.2, -0.15) is 0 Å². The molecule has 0 radical (unpaired) electrons. The lowest BCUT2D eigenvalue weighted by Crippen LogP contribution is -2.47. The zero-order valence-corrected chi connectivity index (χ0v) is 22.0. The Balaban J connectivity index is 1.19. The normalized spacial score (nSPS) is 16.9. The molecular weight excluding hydrogens is 480 g/mol. The smallest absolute Gasteiger partial charge is 0.253 e. The minimum atomic E-state index is 0.114. The molecule has 2 aliphatic rings. The number of carbonyl (C=O) groups is 1. The molecule has 1 N–H and O–H groups in total. The van der Waals surface area contributed by atoms with Gasteiger partial charge in [-0.15, -0.1) is 11.3 Å². The quantitative estimate of drug-likeness (QED) is 0.388. The van der Waals surface area contributed by atoms with E-state index in [4.69, 9.17) is 9.97 Å². The van der Waals surface area contributed by atoms with Crippen molar-refractivity contribution in [3.05, 3.63) is 70.9 Å². The Morgan fingerprint density at radius 1 is 1.03 bits per heavy atom. The number of aromatic nitrogens is 3. The minimum Gasteiger partial charge on any atom is -0.366 e. The molecule has 1 saturated heterocycles. The van der Waals surface area contributed by atoms with Gasteiger partial charge in [0.25, 0.3) is 5.91 Å². The summed E-state index contributed by atoms with van der Waals surface area (Å²) in [6, 6.07) is 14.6. The Kier molecular flexibility index (Phi) is 6.85. The summed E-state index contributed by atoms with van der Waals surface area (Å²) >= 11 is 1.69. The largest absolute Gasteiger partial charge is 0.366 e. The predicted octanol–water partition coefficient (Wildman–Crippen LogP) is 5.09. The van der Waals surface area contributed by atoms with Gasteiger partial charge >= 0.3 is 0 Å². The molecule has 3 aromatic heterocycles. The van der Waals surface area contributed by atoms with Crippen LogP contribution in [0.25, 0.3) is 21.6 Å². The van der Waals surface area contributed by atoms with Crippen LogP contribution in [-0.2, 0) is 6.42 Å². The average Bonchev–Trinajstić information content (AvgIpc) is 3.62. The molecular formula is C29H32N6OS. The number of thiophene rings is 1. The molecule has 4 aromatic rings. The van der Waals surface area contributed by atoms with E-state index in [1.165, 1.54) is 25.7 Å². The van der Waals surface area contributed by atoms with Crippen molar-refractivity contribution in [1.29, 1.82) is 0 Å². The van der Waals surface area contributed by atoms with Crippen LogP contribution in [0.2, 0.25) is 0 Å². The number of hydrogen-bond acceptors (Lipinski definition) is 7. The molecule has 37 heavy (non-hydrogen) atoms. The number of piperazine rings is 1. The summed E-state index contributed by atoms with van der Waals surface area (Å²) in [5.41, 5.74) is 4.77. The number of hydrogen-bond donors (Lipinski definition) is 1. The van der Waals surface area contributed by atoms with Crippen molar-refractivity contribution >= 4 is 33.3 Å². The second-order valence-corrected chi connectivity index (χ2v) is 11.1. The maximum absolute atomic E-state index is 12.9. The van der Waals surface area contributed by atoms with Gasteiger partial charge in [0, 0.05) is 61.7 Å². The Bertz CT molecular complexity index is 1390. The van der Waals surface area contributed by atoms with Gasteiger partial charge in [0.1, 0.15) is 5.82 Å². The van der Waals surface area contributed by atoms with Crippen molar-refractivity contribution in [3.8, 4) is 11.4 Å². The van der Waals surface area contributed by atoms with Gasteiger partial charge in [-0.3, -0.25) is 9.78 Å². The van der Waals surface area contributed by atoms with Gasteiger partial charge in [-0.1, -0.05) is 25.0 Å². The first-order valence-corrected chi connectivity index (χ1v) is 14.0. The lowest BCUT2D eigenvalue weighted by Gasteiger charge is -2.32. The molecule has 190 valence electrons. The first-order chi connectivity index (χ1) is 18.1. The number of benzene rings is 1. The second kappa shape index (κ2) is 10.6.